The molecule has 2 rings (SSSR count). The van der Waals surface area contributed by atoms with Crippen LogP contribution in [-0.4, -0.2) is 10.2 Å². The summed E-state index contributed by atoms with van der Waals surface area (Å²) in [5.74, 6) is 0.932. The van der Waals surface area contributed by atoms with Crippen LogP contribution in [0.15, 0.2) is 65.4 Å². The maximum atomic E-state index is 9.37. The fourth-order valence-corrected chi connectivity index (χ4v) is 1.95. The van der Waals surface area contributed by atoms with Crippen LogP contribution >= 0.6 is 0 Å². The number of aliphatic hydroxyl groups excluding tert-OH is 2. The molecule has 82 valence electrons. The first-order chi connectivity index (χ1) is 7.66. The number of aliphatic hydroxyl groups is 2. The van der Waals surface area contributed by atoms with E-state index in [9.17, 15) is 10.2 Å². The highest BCUT2D eigenvalue weighted by molar-refractivity contribution is 5.38. The van der Waals surface area contributed by atoms with Crippen LogP contribution < -0.4 is 0 Å². The standard InChI is InChI=1S/C14H14O2/c1-10-9-13(16)7-8-14(10)11-3-2-4-12(15)6-5-11/h2-3,5-10,14-16H,1H3. The third kappa shape index (κ3) is 2.18. The Kier molecular flexibility index (Phi) is 2.84. The van der Waals surface area contributed by atoms with Crippen molar-refractivity contribution in [1.29, 1.82) is 0 Å². The summed E-state index contributed by atoms with van der Waals surface area (Å²) >= 11 is 0. The summed E-state index contributed by atoms with van der Waals surface area (Å²) < 4.78 is 0. The van der Waals surface area contributed by atoms with Crippen molar-refractivity contribution < 1.29 is 10.2 Å². The molecule has 0 aromatic heterocycles. The molecule has 0 heterocycles. The SMILES string of the molecule is CC1C=C(O)C=CC1C1=CC=C=C(O)C=C1. The zero-order valence-electron chi connectivity index (χ0n) is 9.09. The quantitative estimate of drug-likeness (QED) is 0.657. The number of allylic oxidation sites excluding steroid dienone is 7. The van der Waals surface area contributed by atoms with Gasteiger partial charge in [0, 0.05) is 5.92 Å². The third-order valence-corrected chi connectivity index (χ3v) is 2.80. The second-order valence-electron chi connectivity index (χ2n) is 4.03. The molecule has 0 aliphatic heterocycles. The number of hydrogen-bond acceptors (Lipinski definition) is 2. The Bertz CT molecular complexity index is 469. The summed E-state index contributed by atoms with van der Waals surface area (Å²) in [5.41, 5.74) is 3.83. The summed E-state index contributed by atoms with van der Waals surface area (Å²) in [6.45, 7) is 2.06. The fraction of sp³-hybridized carbons (Fsp3) is 0.214. The molecule has 0 bridgehead atoms. The van der Waals surface area contributed by atoms with Crippen LogP contribution in [0.2, 0.25) is 0 Å². The Hall–Kier alpha value is -1.92. The highest BCUT2D eigenvalue weighted by Gasteiger charge is 2.19. The molecule has 0 spiro atoms. The molecule has 2 atom stereocenters. The average Bonchev–Trinajstić information content (AvgIpc) is 2.43. The first-order valence-corrected chi connectivity index (χ1v) is 5.30. The molecule has 2 heteroatoms. The molecule has 0 aromatic rings. The van der Waals surface area contributed by atoms with Gasteiger partial charge < -0.3 is 10.2 Å². The zero-order valence-corrected chi connectivity index (χ0v) is 9.09. The maximum absolute atomic E-state index is 9.37. The van der Waals surface area contributed by atoms with E-state index in [1.54, 1.807) is 18.2 Å². The van der Waals surface area contributed by atoms with Crippen LogP contribution in [0.3, 0.4) is 0 Å². The Morgan fingerprint density at radius 1 is 1.19 bits per heavy atom. The van der Waals surface area contributed by atoms with E-state index in [1.807, 2.05) is 24.3 Å². The van der Waals surface area contributed by atoms with Crippen LogP contribution in [0.1, 0.15) is 6.92 Å². The summed E-state index contributed by atoms with van der Waals surface area (Å²) in [4.78, 5) is 0. The lowest BCUT2D eigenvalue weighted by Crippen LogP contribution is -2.12. The van der Waals surface area contributed by atoms with Crippen molar-refractivity contribution in [3.63, 3.8) is 0 Å². The second-order valence-corrected chi connectivity index (χ2v) is 4.03. The molecule has 2 aliphatic carbocycles. The van der Waals surface area contributed by atoms with Gasteiger partial charge >= 0.3 is 0 Å². The van der Waals surface area contributed by atoms with E-state index < -0.39 is 0 Å². The lowest BCUT2D eigenvalue weighted by molar-refractivity contribution is 0.410. The molecular weight excluding hydrogens is 200 g/mol. The Labute approximate surface area is 94.9 Å². The molecule has 0 fully saturated rings. The van der Waals surface area contributed by atoms with Crippen molar-refractivity contribution in [3.05, 3.63) is 65.4 Å². The van der Waals surface area contributed by atoms with E-state index in [0.29, 0.717) is 5.76 Å². The zero-order chi connectivity index (χ0) is 11.5. The first-order valence-electron chi connectivity index (χ1n) is 5.30. The van der Waals surface area contributed by atoms with Crippen LogP contribution in [0.25, 0.3) is 0 Å². The highest BCUT2D eigenvalue weighted by Crippen LogP contribution is 2.29. The average molecular weight is 214 g/mol. The van der Waals surface area contributed by atoms with Crippen LogP contribution in [0.4, 0.5) is 0 Å². The minimum Gasteiger partial charge on any atom is -0.508 e. The van der Waals surface area contributed by atoms with Crippen molar-refractivity contribution in [2.24, 2.45) is 11.8 Å². The van der Waals surface area contributed by atoms with Gasteiger partial charge in [-0.15, -0.1) is 0 Å². The lowest BCUT2D eigenvalue weighted by atomic mass is 9.83. The smallest absolute Gasteiger partial charge is 0.159 e. The van der Waals surface area contributed by atoms with E-state index in [4.69, 9.17) is 0 Å². The van der Waals surface area contributed by atoms with Crippen molar-refractivity contribution in [1.82, 2.24) is 0 Å². The van der Waals surface area contributed by atoms with E-state index in [1.165, 1.54) is 0 Å². The largest absolute Gasteiger partial charge is 0.508 e. The van der Waals surface area contributed by atoms with Crippen molar-refractivity contribution in [2.75, 3.05) is 0 Å². The Morgan fingerprint density at radius 2 is 2.00 bits per heavy atom. The second kappa shape index (κ2) is 4.30. The normalized spacial score (nSPS) is 28.2. The minimum atomic E-state index is 0.136. The molecular formula is C14H14O2. The molecule has 0 amide bonds. The van der Waals surface area contributed by atoms with Gasteiger partial charge in [-0.05, 0) is 35.8 Å². The van der Waals surface area contributed by atoms with Gasteiger partial charge in [0.2, 0.25) is 0 Å². The van der Waals surface area contributed by atoms with E-state index >= 15 is 0 Å². The van der Waals surface area contributed by atoms with E-state index in [0.717, 1.165) is 5.57 Å². The summed E-state index contributed by atoms with van der Waals surface area (Å²) in [5, 5.41) is 18.7. The molecule has 0 aromatic carbocycles. The minimum absolute atomic E-state index is 0.136. The van der Waals surface area contributed by atoms with Crippen LogP contribution in [0, 0.1) is 11.8 Å². The summed E-state index contributed by atoms with van der Waals surface area (Å²) in [6.07, 6.45) is 12.7. The monoisotopic (exact) mass is 214 g/mol. The Morgan fingerprint density at radius 3 is 2.75 bits per heavy atom. The van der Waals surface area contributed by atoms with Gasteiger partial charge in [-0.25, -0.2) is 0 Å². The van der Waals surface area contributed by atoms with Gasteiger partial charge in [0.1, 0.15) is 5.76 Å². The summed E-state index contributed by atoms with van der Waals surface area (Å²) in [6, 6.07) is 0. The highest BCUT2D eigenvalue weighted by atomic mass is 16.3. The van der Waals surface area contributed by atoms with Gasteiger partial charge in [0.05, 0.1) is 0 Å². The van der Waals surface area contributed by atoms with Gasteiger partial charge in [-0.2, -0.15) is 0 Å². The third-order valence-electron chi connectivity index (χ3n) is 2.80. The van der Waals surface area contributed by atoms with Crippen LogP contribution in [0.5, 0.6) is 0 Å². The predicted molar refractivity (Wildman–Crippen MR) is 64.0 cm³/mol. The van der Waals surface area contributed by atoms with Crippen molar-refractivity contribution in [3.8, 4) is 0 Å². The van der Waals surface area contributed by atoms with Crippen LogP contribution in [-0.2, 0) is 0 Å². The summed E-state index contributed by atoms with van der Waals surface area (Å²) in [7, 11) is 0. The van der Waals surface area contributed by atoms with Gasteiger partial charge in [0.25, 0.3) is 0 Å². The molecule has 2 aliphatic rings. The van der Waals surface area contributed by atoms with Gasteiger partial charge in [0.15, 0.2) is 5.76 Å². The van der Waals surface area contributed by atoms with E-state index in [2.05, 4.69) is 12.7 Å². The molecule has 0 radical (unpaired) electrons. The molecule has 2 nitrogen and oxygen atoms in total. The molecule has 2 unspecified atom stereocenters. The first kappa shape index (κ1) is 10.6. The predicted octanol–water partition coefficient (Wildman–Crippen LogP) is 3.34. The topological polar surface area (TPSA) is 40.5 Å². The fourth-order valence-electron chi connectivity index (χ4n) is 1.95. The molecule has 2 N–H and O–H groups in total. The van der Waals surface area contributed by atoms with Crippen molar-refractivity contribution in [2.45, 2.75) is 6.92 Å². The molecule has 16 heavy (non-hydrogen) atoms. The lowest BCUT2D eigenvalue weighted by Gasteiger charge is -2.22. The molecule has 0 saturated heterocycles. The maximum Gasteiger partial charge on any atom is 0.159 e. The molecule has 0 saturated carbocycles. The number of rotatable bonds is 1. The van der Waals surface area contributed by atoms with Gasteiger partial charge in [-0.1, -0.05) is 30.9 Å². The van der Waals surface area contributed by atoms with Gasteiger partial charge in [-0.3, -0.25) is 0 Å². The number of hydrogen-bond donors (Lipinski definition) is 2. The van der Waals surface area contributed by atoms with E-state index in [-0.39, 0.29) is 17.6 Å². The van der Waals surface area contributed by atoms with Crippen molar-refractivity contribution >= 4 is 0 Å². The Balaban J connectivity index is 2.23.